The van der Waals surface area contributed by atoms with Crippen LogP contribution < -0.4 is 5.73 Å². The van der Waals surface area contributed by atoms with Crippen LogP contribution in [0.4, 0.5) is 5.69 Å². The smallest absolute Gasteiger partial charge is 0.244 e. The first-order valence-corrected chi connectivity index (χ1v) is 7.77. The van der Waals surface area contributed by atoms with E-state index < -0.39 is 10.0 Å². The molecular formula is C11H14Cl2N2O2S. The van der Waals surface area contributed by atoms with E-state index in [2.05, 4.69) is 0 Å². The van der Waals surface area contributed by atoms with Gasteiger partial charge in [-0.2, -0.15) is 4.31 Å². The fourth-order valence-corrected chi connectivity index (χ4v) is 4.00. The van der Waals surface area contributed by atoms with Gasteiger partial charge >= 0.3 is 0 Å². The van der Waals surface area contributed by atoms with E-state index in [9.17, 15) is 8.42 Å². The van der Waals surface area contributed by atoms with Crippen molar-refractivity contribution >= 4 is 38.9 Å². The Morgan fingerprint density at radius 3 is 2.44 bits per heavy atom. The number of hydrogen-bond donors (Lipinski definition) is 1. The molecule has 0 aliphatic heterocycles. The minimum Gasteiger partial charge on any atom is -0.396 e. The van der Waals surface area contributed by atoms with Crippen LogP contribution in [0.5, 0.6) is 0 Å². The van der Waals surface area contributed by atoms with Gasteiger partial charge in [0.1, 0.15) is 4.90 Å². The summed E-state index contributed by atoms with van der Waals surface area (Å²) in [6.45, 7) is 0. The SMILES string of the molecule is CN(C1CCC1)S(=O)(=O)c1ccc(Cl)c(N)c1Cl. The second kappa shape index (κ2) is 4.89. The standard InChI is InChI=1S/C11H14Cl2N2O2S/c1-15(7-3-2-4-7)18(16,17)9-6-5-8(12)11(14)10(9)13/h5-7H,2-4,14H2,1H3. The number of sulfonamides is 1. The summed E-state index contributed by atoms with van der Waals surface area (Å²) in [7, 11) is -2.04. The van der Waals surface area contributed by atoms with Gasteiger partial charge in [0.15, 0.2) is 0 Å². The van der Waals surface area contributed by atoms with E-state index in [0.29, 0.717) is 0 Å². The minimum absolute atomic E-state index is 0.00586. The largest absolute Gasteiger partial charge is 0.396 e. The van der Waals surface area contributed by atoms with Gasteiger partial charge in [0.2, 0.25) is 10.0 Å². The maximum Gasteiger partial charge on any atom is 0.244 e. The third-order valence-electron chi connectivity index (χ3n) is 3.34. The summed E-state index contributed by atoms with van der Waals surface area (Å²) in [4.78, 5) is 0.0143. The molecule has 0 aromatic heterocycles. The molecular weight excluding hydrogens is 295 g/mol. The van der Waals surface area contributed by atoms with E-state index in [0.717, 1.165) is 19.3 Å². The summed E-state index contributed by atoms with van der Waals surface area (Å²) in [6.07, 6.45) is 2.83. The second-order valence-corrected chi connectivity index (χ2v) is 7.13. The summed E-state index contributed by atoms with van der Waals surface area (Å²) in [6, 6.07) is 2.90. The summed E-state index contributed by atoms with van der Waals surface area (Å²) in [5, 5.41) is 0.249. The molecule has 0 heterocycles. The molecule has 1 aliphatic rings. The molecule has 0 radical (unpaired) electrons. The molecule has 0 spiro atoms. The van der Waals surface area contributed by atoms with Crippen molar-refractivity contribution in [3.05, 3.63) is 22.2 Å². The molecule has 2 N–H and O–H groups in total. The molecule has 0 unspecified atom stereocenters. The molecule has 1 saturated carbocycles. The fraction of sp³-hybridized carbons (Fsp3) is 0.455. The van der Waals surface area contributed by atoms with Crippen LogP contribution in [0.1, 0.15) is 19.3 Å². The lowest BCUT2D eigenvalue weighted by Crippen LogP contribution is -2.41. The molecule has 1 aromatic carbocycles. The Balaban J connectivity index is 2.44. The molecule has 0 bridgehead atoms. The third-order valence-corrected chi connectivity index (χ3v) is 6.14. The monoisotopic (exact) mass is 308 g/mol. The van der Waals surface area contributed by atoms with Gasteiger partial charge in [0.05, 0.1) is 15.7 Å². The maximum absolute atomic E-state index is 12.4. The minimum atomic E-state index is -3.61. The lowest BCUT2D eigenvalue weighted by molar-refractivity contribution is 0.249. The molecule has 1 aliphatic carbocycles. The molecule has 0 atom stereocenters. The number of nitrogen functional groups attached to an aromatic ring is 1. The van der Waals surface area contributed by atoms with E-state index >= 15 is 0 Å². The first-order chi connectivity index (χ1) is 8.35. The zero-order chi connectivity index (χ0) is 13.5. The molecule has 18 heavy (non-hydrogen) atoms. The highest BCUT2D eigenvalue weighted by Crippen LogP contribution is 2.36. The van der Waals surface area contributed by atoms with Gasteiger partial charge in [-0.3, -0.25) is 0 Å². The number of halogens is 2. The van der Waals surface area contributed by atoms with Crippen LogP contribution >= 0.6 is 23.2 Å². The third kappa shape index (κ3) is 2.20. The predicted molar refractivity (Wildman–Crippen MR) is 73.5 cm³/mol. The van der Waals surface area contributed by atoms with Crippen molar-refractivity contribution in [1.82, 2.24) is 4.31 Å². The molecule has 0 saturated heterocycles. The highest BCUT2D eigenvalue weighted by molar-refractivity contribution is 7.89. The first kappa shape index (κ1) is 13.9. The van der Waals surface area contributed by atoms with Crippen LogP contribution in [0.3, 0.4) is 0 Å². The molecule has 1 aromatic rings. The molecule has 0 amide bonds. The number of hydrogen-bond acceptors (Lipinski definition) is 3. The summed E-state index contributed by atoms with van der Waals surface area (Å²) in [5.74, 6) is 0. The van der Waals surface area contributed by atoms with Crippen molar-refractivity contribution in [3.8, 4) is 0 Å². The van der Waals surface area contributed by atoms with Crippen molar-refractivity contribution in [1.29, 1.82) is 0 Å². The highest BCUT2D eigenvalue weighted by Gasteiger charge is 2.33. The number of rotatable bonds is 3. The Hall–Kier alpha value is -0.490. The molecule has 2 rings (SSSR count). The second-order valence-electron chi connectivity index (χ2n) is 4.38. The van der Waals surface area contributed by atoms with Gasteiger partial charge in [0, 0.05) is 13.1 Å². The maximum atomic E-state index is 12.4. The Morgan fingerprint density at radius 1 is 1.33 bits per heavy atom. The number of benzene rings is 1. The van der Waals surface area contributed by atoms with Gasteiger partial charge in [-0.25, -0.2) is 8.42 Å². The van der Waals surface area contributed by atoms with Crippen molar-refractivity contribution in [2.24, 2.45) is 0 Å². The predicted octanol–water partition coefficient (Wildman–Crippen LogP) is 2.75. The van der Waals surface area contributed by atoms with Crippen LogP contribution in [-0.2, 0) is 10.0 Å². The van der Waals surface area contributed by atoms with Crippen molar-refractivity contribution in [2.45, 2.75) is 30.2 Å². The van der Waals surface area contributed by atoms with Crippen molar-refractivity contribution in [2.75, 3.05) is 12.8 Å². The molecule has 100 valence electrons. The van der Waals surface area contributed by atoms with E-state index in [1.165, 1.54) is 16.4 Å². The van der Waals surface area contributed by atoms with Crippen LogP contribution in [0.15, 0.2) is 17.0 Å². The Kier molecular flexibility index (Phi) is 3.78. The van der Waals surface area contributed by atoms with Gasteiger partial charge in [-0.05, 0) is 25.0 Å². The average Bonchev–Trinajstić information content (AvgIpc) is 2.23. The molecule has 7 heteroatoms. The van der Waals surface area contributed by atoms with Gasteiger partial charge in [0.25, 0.3) is 0 Å². The zero-order valence-electron chi connectivity index (χ0n) is 9.86. The summed E-state index contributed by atoms with van der Waals surface area (Å²) < 4.78 is 26.2. The summed E-state index contributed by atoms with van der Waals surface area (Å²) >= 11 is 11.8. The zero-order valence-corrected chi connectivity index (χ0v) is 12.2. The van der Waals surface area contributed by atoms with E-state index in [-0.39, 0.29) is 26.7 Å². The topological polar surface area (TPSA) is 63.4 Å². The highest BCUT2D eigenvalue weighted by atomic mass is 35.5. The number of nitrogens with zero attached hydrogens (tertiary/aromatic N) is 1. The van der Waals surface area contributed by atoms with Crippen molar-refractivity contribution < 1.29 is 8.42 Å². The summed E-state index contributed by atoms with van der Waals surface area (Å²) in [5.41, 5.74) is 5.75. The Morgan fingerprint density at radius 2 is 1.94 bits per heavy atom. The molecule has 4 nitrogen and oxygen atoms in total. The average molecular weight is 309 g/mol. The first-order valence-electron chi connectivity index (χ1n) is 5.57. The Labute approximate surface area is 117 Å². The van der Waals surface area contributed by atoms with E-state index in [4.69, 9.17) is 28.9 Å². The van der Waals surface area contributed by atoms with Gasteiger partial charge < -0.3 is 5.73 Å². The lowest BCUT2D eigenvalue weighted by atomic mass is 9.94. The van der Waals surface area contributed by atoms with Gasteiger partial charge in [-0.15, -0.1) is 0 Å². The van der Waals surface area contributed by atoms with E-state index in [1.54, 1.807) is 7.05 Å². The van der Waals surface area contributed by atoms with Crippen LogP contribution in [0.2, 0.25) is 10.0 Å². The fourth-order valence-electron chi connectivity index (χ4n) is 1.85. The lowest BCUT2D eigenvalue weighted by Gasteiger charge is -2.34. The van der Waals surface area contributed by atoms with Crippen LogP contribution in [0, 0.1) is 0 Å². The normalized spacial score (nSPS) is 16.9. The van der Waals surface area contributed by atoms with Crippen molar-refractivity contribution in [3.63, 3.8) is 0 Å². The van der Waals surface area contributed by atoms with E-state index in [1.807, 2.05) is 0 Å². The number of anilines is 1. The van der Waals surface area contributed by atoms with Gasteiger partial charge in [-0.1, -0.05) is 29.6 Å². The molecule has 1 fully saturated rings. The number of nitrogens with two attached hydrogens (primary N) is 1. The quantitative estimate of drug-likeness (QED) is 0.873. The van der Waals surface area contributed by atoms with Crippen LogP contribution in [0.25, 0.3) is 0 Å². The van der Waals surface area contributed by atoms with Crippen LogP contribution in [-0.4, -0.2) is 25.8 Å². The Bertz CT molecular complexity index is 571.